The molecule has 2 aliphatic rings. The average Bonchev–Trinajstić information content (AvgIpc) is 3.63. The van der Waals surface area contributed by atoms with Gasteiger partial charge in [-0.15, -0.1) is 0 Å². The Morgan fingerprint density at radius 1 is 0.468 bits per heavy atom. The highest BCUT2D eigenvalue weighted by molar-refractivity contribution is 6.05. The molecule has 8 aromatic rings. The highest BCUT2D eigenvalue weighted by Gasteiger charge is 2.43. The lowest BCUT2D eigenvalue weighted by Gasteiger charge is -2.29. The zero-order chi connectivity index (χ0) is 43.2. The van der Waals surface area contributed by atoms with E-state index in [1.54, 1.807) is 0 Å². The number of hydrogen-bond donors (Lipinski definition) is 0. The number of aryl methyl sites for hydroxylation is 4. The molecule has 0 aromatic heterocycles. The van der Waals surface area contributed by atoms with Gasteiger partial charge in [0.2, 0.25) is 0 Å². The number of fused-ring (bicyclic) bond motifs is 8. The fourth-order valence-electron chi connectivity index (χ4n) is 10.8. The van der Waals surface area contributed by atoms with Crippen LogP contribution in [0, 0.1) is 50.4 Å². The molecule has 0 radical (unpaired) electrons. The maximum absolute atomic E-state index is 9.71. The number of benzene rings is 8. The third kappa shape index (κ3) is 5.91. The van der Waals surface area contributed by atoms with Crippen LogP contribution < -0.4 is 4.90 Å². The third-order valence-corrected chi connectivity index (χ3v) is 14.0. The molecule has 0 aliphatic heterocycles. The Bertz CT molecular complexity index is 3240. The Morgan fingerprint density at radius 2 is 1.03 bits per heavy atom. The lowest BCUT2D eigenvalue weighted by molar-refractivity contribution is 0.651. The molecule has 0 N–H and O–H groups in total. The Balaban J connectivity index is 1.14. The van der Waals surface area contributed by atoms with Crippen molar-refractivity contribution in [2.75, 3.05) is 4.90 Å². The largest absolute Gasteiger partial charge is 0.310 e. The standard InChI is InChI=1S/C59H49N3/c1-35-13-24-44(37(3)27-35)56(41-19-15-39(33-60)16-20-41)49-31-54-57(47-12-10-9-11-45(47)49)50-32-52-48(30-53(50)59(54,7)8)46-25-23-43(29-51(46)58(52,5)6)62(42-21-17-40(34-61)18-22-42)55-26-14-36(2)28-38(55)4/h9-32,56H,1-8H3. The number of nitriles is 2. The number of hydrogen-bond acceptors (Lipinski definition) is 3. The molecular weight excluding hydrogens is 751 g/mol. The van der Waals surface area contributed by atoms with E-state index in [1.165, 1.54) is 94.2 Å². The van der Waals surface area contributed by atoms with Crippen molar-refractivity contribution in [3.05, 3.63) is 218 Å². The monoisotopic (exact) mass is 799 g/mol. The van der Waals surface area contributed by atoms with E-state index < -0.39 is 0 Å². The quantitative estimate of drug-likeness (QED) is 0.157. The summed E-state index contributed by atoms with van der Waals surface area (Å²) in [6.45, 7) is 18.3. The molecule has 2 aliphatic carbocycles. The van der Waals surface area contributed by atoms with Crippen molar-refractivity contribution < 1.29 is 0 Å². The van der Waals surface area contributed by atoms with Gasteiger partial charge < -0.3 is 4.90 Å². The molecule has 1 atom stereocenters. The molecule has 0 spiro atoms. The molecule has 0 bridgehead atoms. The minimum Gasteiger partial charge on any atom is -0.310 e. The summed E-state index contributed by atoms with van der Waals surface area (Å²) in [6.07, 6.45) is 0. The summed E-state index contributed by atoms with van der Waals surface area (Å²) in [6, 6.07) is 57.7. The highest BCUT2D eigenvalue weighted by Crippen LogP contribution is 2.59. The van der Waals surface area contributed by atoms with E-state index in [0.717, 1.165) is 17.1 Å². The summed E-state index contributed by atoms with van der Waals surface area (Å²) in [5.74, 6) is -0.0180. The van der Waals surface area contributed by atoms with Crippen LogP contribution in [0.4, 0.5) is 17.1 Å². The predicted molar refractivity (Wildman–Crippen MR) is 256 cm³/mol. The zero-order valence-electron chi connectivity index (χ0n) is 36.8. The van der Waals surface area contributed by atoms with E-state index in [1.807, 2.05) is 24.3 Å². The second-order valence-electron chi connectivity index (χ2n) is 18.7. The Labute approximate surface area is 366 Å². The van der Waals surface area contributed by atoms with Crippen LogP contribution in [0.15, 0.2) is 146 Å². The maximum atomic E-state index is 9.71. The van der Waals surface area contributed by atoms with Gasteiger partial charge in [0.25, 0.3) is 0 Å². The van der Waals surface area contributed by atoms with Crippen molar-refractivity contribution in [2.24, 2.45) is 0 Å². The molecule has 0 fully saturated rings. The van der Waals surface area contributed by atoms with Crippen LogP contribution in [0.2, 0.25) is 0 Å². The van der Waals surface area contributed by atoms with Crippen molar-refractivity contribution in [3.8, 4) is 34.4 Å². The van der Waals surface area contributed by atoms with Crippen LogP contribution in [-0.4, -0.2) is 0 Å². The second-order valence-corrected chi connectivity index (χ2v) is 18.7. The van der Waals surface area contributed by atoms with E-state index in [0.29, 0.717) is 11.1 Å². The smallest absolute Gasteiger partial charge is 0.0991 e. The summed E-state index contributed by atoms with van der Waals surface area (Å²) < 4.78 is 0. The summed E-state index contributed by atoms with van der Waals surface area (Å²) >= 11 is 0. The molecule has 10 rings (SSSR count). The Hall–Kier alpha value is -7.20. The van der Waals surface area contributed by atoms with Crippen LogP contribution in [-0.2, 0) is 10.8 Å². The Morgan fingerprint density at radius 3 is 1.69 bits per heavy atom. The second kappa shape index (κ2) is 14.2. The van der Waals surface area contributed by atoms with Gasteiger partial charge in [-0.1, -0.05) is 118 Å². The fourth-order valence-corrected chi connectivity index (χ4v) is 10.8. The van der Waals surface area contributed by atoms with Gasteiger partial charge in [0.15, 0.2) is 0 Å². The average molecular weight is 800 g/mol. The van der Waals surface area contributed by atoms with Crippen molar-refractivity contribution in [3.63, 3.8) is 0 Å². The number of nitrogens with zero attached hydrogens (tertiary/aromatic N) is 3. The first-order chi connectivity index (χ1) is 29.8. The first kappa shape index (κ1) is 39.0. The van der Waals surface area contributed by atoms with Gasteiger partial charge >= 0.3 is 0 Å². The van der Waals surface area contributed by atoms with Crippen molar-refractivity contribution in [1.29, 1.82) is 10.5 Å². The van der Waals surface area contributed by atoms with Gasteiger partial charge in [0, 0.05) is 33.8 Å². The summed E-state index contributed by atoms with van der Waals surface area (Å²) in [4.78, 5) is 2.33. The normalized spacial score (nSPS) is 14.3. The van der Waals surface area contributed by atoms with E-state index in [4.69, 9.17) is 0 Å². The maximum Gasteiger partial charge on any atom is 0.0991 e. The fraction of sp³-hybridized carbons (Fsp3) is 0.186. The third-order valence-electron chi connectivity index (χ3n) is 14.0. The van der Waals surface area contributed by atoms with E-state index in [9.17, 15) is 10.5 Å². The first-order valence-corrected chi connectivity index (χ1v) is 21.7. The van der Waals surface area contributed by atoms with Gasteiger partial charge in [-0.3, -0.25) is 0 Å². The molecule has 300 valence electrons. The Kier molecular flexibility index (Phi) is 8.92. The zero-order valence-corrected chi connectivity index (χ0v) is 36.8. The van der Waals surface area contributed by atoms with Crippen LogP contribution in [0.25, 0.3) is 33.0 Å². The topological polar surface area (TPSA) is 50.8 Å². The highest BCUT2D eigenvalue weighted by atomic mass is 15.1. The van der Waals surface area contributed by atoms with Crippen molar-refractivity contribution in [1.82, 2.24) is 0 Å². The van der Waals surface area contributed by atoms with Gasteiger partial charge in [0.05, 0.1) is 23.3 Å². The lowest BCUT2D eigenvalue weighted by atomic mass is 9.76. The molecule has 1 unspecified atom stereocenters. The lowest BCUT2D eigenvalue weighted by Crippen LogP contribution is -2.18. The first-order valence-electron chi connectivity index (χ1n) is 21.7. The van der Waals surface area contributed by atoms with Crippen LogP contribution in [0.3, 0.4) is 0 Å². The number of rotatable bonds is 6. The van der Waals surface area contributed by atoms with Crippen LogP contribution in [0.1, 0.15) is 106 Å². The molecule has 3 nitrogen and oxygen atoms in total. The van der Waals surface area contributed by atoms with E-state index >= 15 is 0 Å². The van der Waals surface area contributed by atoms with Crippen molar-refractivity contribution >= 4 is 27.8 Å². The van der Waals surface area contributed by atoms with Gasteiger partial charge in [-0.2, -0.15) is 10.5 Å². The molecule has 3 heteroatoms. The van der Waals surface area contributed by atoms with Gasteiger partial charge in [-0.05, 0) is 178 Å². The van der Waals surface area contributed by atoms with E-state index in [-0.39, 0.29) is 16.7 Å². The summed E-state index contributed by atoms with van der Waals surface area (Å²) in [5, 5.41) is 21.8. The molecular formula is C59H49N3. The predicted octanol–water partition coefficient (Wildman–Crippen LogP) is 15.1. The molecule has 0 saturated heterocycles. The molecule has 0 saturated carbocycles. The van der Waals surface area contributed by atoms with Gasteiger partial charge in [-0.25, -0.2) is 0 Å². The summed E-state index contributed by atoms with van der Waals surface area (Å²) in [5.41, 5.74) is 23.3. The minimum absolute atomic E-state index is 0.0180. The molecule has 62 heavy (non-hydrogen) atoms. The number of anilines is 3. The van der Waals surface area contributed by atoms with E-state index in [2.05, 4.69) is 194 Å². The van der Waals surface area contributed by atoms with Crippen molar-refractivity contribution in [2.45, 2.75) is 72.1 Å². The molecule has 0 amide bonds. The molecule has 8 aromatic carbocycles. The SMILES string of the molecule is Cc1ccc(C(c2ccc(C#N)cc2)c2cc3c(c4ccccc24)-c2cc4c(cc2C3(C)C)-c2ccc(N(c3ccc(C#N)cc3)c3ccc(C)cc3C)cc2C4(C)C)c(C)c1. The minimum atomic E-state index is -0.266. The summed E-state index contributed by atoms with van der Waals surface area (Å²) in [7, 11) is 0. The van der Waals surface area contributed by atoms with Gasteiger partial charge in [0.1, 0.15) is 0 Å². The van der Waals surface area contributed by atoms with Crippen LogP contribution in [0.5, 0.6) is 0 Å². The molecule has 0 heterocycles. The van der Waals surface area contributed by atoms with Crippen LogP contribution >= 0.6 is 0 Å².